The van der Waals surface area contributed by atoms with E-state index in [0.717, 1.165) is 37.9 Å². The second-order valence-electron chi connectivity index (χ2n) is 6.11. The van der Waals surface area contributed by atoms with Gasteiger partial charge in [-0.2, -0.15) is 5.10 Å². The molecule has 1 fully saturated rings. The molecule has 0 bridgehead atoms. The van der Waals surface area contributed by atoms with Crippen molar-refractivity contribution in [2.24, 2.45) is 0 Å². The largest absolute Gasteiger partial charge is 0.452 e. The first-order valence-electron chi connectivity index (χ1n) is 8.60. The molecule has 25 heavy (non-hydrogen) atoms. The summed E-state index contributed by atoms with van der Waals surface area (Å²) in [5.74, 6) is -0.609. The monoisotopic (exact) mass is 342 g/mol. The standard InChI is InChI=1S/C18H22N4O3/c1-2-15-5-3-4-10-21(15)17(23)11-25-18(24)14-6-8-16(9-7-14)22-13-19-12-20-22/h6-9,12-13,15H,2-5,10-11H2,1H3/t15-/m0/s1. The molecule has 2 aromatic rings. The number of carbonyl (C=O) groups is 2. The van der Waals surface area contributed by atoms with Crippen LogP contribution in [0.4, 0.5) is 0 Å². The maximum Gasteiger partial charge on any atom is 0.338 e. The van der Waals surface area contributed by atoms with Crippen LogP contribution in [0.15, 0.2) is 36.9 Å². The SMILES string of the molecule is CC[C@H]1CCCCN1C(=O)COC(=O)c1ccc(-n2cncn2)cc1. The van der Waals surface area contributed by atoms with Gasteiger partial charge in [0.15, 0.2) is 6.61 Å². The number of benzene rings is 1. The molecule has 1 aliphatic rings. The summed E-state index contributed by atoms with van der Waals surface area (Å²) in [6.45, 7) is 2.63. The minimum atomic E-state index is -0.497. The minimum absolute atomic E-state index is 0.112. The molecule has 0 saturated carbocycles. The Hall–Kier alpha value is -2.70. The van der Waals surface area contributed by atoms with Gasteiger partial charge in [0, 0.05) is 12.6 Å². The highest BCUT2D eigenvalue weighted by molar-refractivity contribution is 5.91. The number of hydrogen-bond acceptors (Lipinski definition) is 5. The average Bonchev–Trinajstić information content (AvgIpc) is 3.20. The zero-order valence-electron chi connectivity index (χ0n) is 14.3. The second-order valence-corrected chi connectivity index (χ2v) is 6.11. The quantitative estimate of drug-likeness (QED) is 0.779. The number of amides is 1. The first-order valence-corrected chi connectivity index (χ1v) is 8.60. The van der Waals surface area contributed by atoms with Gasteiger partial charge in [-0.1, -0.05) is 6.92 Å². The fourth-order valence-electron chi connectivity index (χ4n) is 3.14. The third-order valence-electron chi connectivity index (χ3n) is 4.53. The van der Waals surface area contributed by atoms with E-state index in [-0.39, 0.29) is 18.6 Å². The first-order chi connectivity index (χ1) is 12.2. The molecular weight excluding hydrogens is 320 g/mol. The number of piperidine rings is 1. The van der Waals surface area contributed by atoms with E-state index in [0.29, 0.717) is 5.56 Å². The number of rotatable bonds is 5. The number of aromatic nitrogens is 3. The summed E-state index contributed by atoms with van der Waals surface area (Å²) in [6.07, 6.45) is 7.15. The number of esters is 1. The summed E-state index contributed by atoms with van der Waals surface area (Å²) in [5.41, 5.74) is 1.20. The van der Waals surface area contributed by atoms with Crippen molar-refractivity contribution in [1.82, 2.24) is 19.7 Å². The Morgan fingerprint density at radius 2 is 2.04 bits per heavy atom. The molecule has 1 aromatic heterocycles. The Balaban J connectivity index is 1.56. The van der Waals surface area contributed by atoms with Crippen molar-refractivity contribution in [3.8, 4) is 5.69 Å². The molecule has 0 unspecified atom stereocenters. The van der Waals surface area contributed by atoms with Crippen molar-refractivity contribution in [3.63, 3.8) is 0 Å². The Bertz CT molecular complexity index is 712. The van der Waals surface area contributed by atoms with Gasteiger partial charge in [-0.05, 0) is 49.9 Å². The smallest absolute Gasteiger partial charge is 0.338 e. The van der Waals surface area contributed by atoms with E-state index < -0.39 is 5.97 Å². The molecule has 0 spiro atoms. The molecule has 7 heteroatoms. The van der Waals surface area contributed by atoms with Gasteiger partial charge in [0.2, 0.25) is 0 Å². The molecular formula is C18H22N4O3. The number of nitrogens with zero attached hydrogens (tertiary/aromatic N) is 4. The topological polar surface area (TPSA) is 77.3 Å². The van der Waals surface area contributed by atoms with Crippen LogP contribution in [0.1, 0.15) is 43.0 Å². The average molecular weight is 342 g/mol. The lowest BCUT2D eigenvalue weighted by molar-refractivity contribution is -0.138. The summed E-state index contributed by atoms with van der Waals surface area (Å²) in [4.78, 5) is 30.2. The van der Waals surface area contributed by atoms with E-state index >= 15 is 0 Å². The molecule has 3 rings (SSSR count). The maximum absolute atomic E-state index is 12.3. The van der Waals surface area contributed by atoms with Crippen molar-refractivity contribution in [2.45, 2.75) is 38.6 Å². The summed E-state index contributed by atoms with van der Waals surface area (Å²) in [7, 11) is 0. The van der Waals surface area contributed by atoms with Crippen molar-refractivity contribution in [3.05, 3.63) is 42.5 Å². The zero-order chi connectivity index (χ0) is 17.6. The third kappa shape index (κ3) is 4.04. The van der Waals surface area contributed by atoms with Crippen molar-refractivity contribution < 1.29 is 14.3 Å². The van der Waals surface area contributed by atoms with Gasteiger partial charge in [0.25, 0.3) is 5.91 Å². The van der Waals surface area contributed by atoms with E-state index in [1.165, 1.54) is 6.33 Å². The van der Waals surface area contributed by atoms with E-state index in [1.807, 2.05) is 4.90 Å². The fourth-order valence-corrected chi connectivity index (χ4v) is 3.14. The Labute approximate surface area is 146 Å². The van der Waals surface area contributed by atoms with Crippen LogP contribution in [0.2, 0.25) is 0 Å². The van der Waals surface area contributed by atoms with Gasteiger partial charge in [-0.15, -0.1) is 0 Å². The van der Waals surface area contributed by atoms with Crippen LogP contribution in [0.3, 0.4) is 0 Å². The van der Waals surface area contributed by atoms with Gasteiger partial charge in [0.1, 0.15) is 12.7 Å². The summed E-state index contributed by atoms with van der Waals surface area (Å²) < 4.78 is 6.80. The highest BCUT2D eigenvalue weighted by Gasteiger charge is 2.26. The summed E-state index contributed by atoms with van der Waals surface area (Å²) >= 11 is 0. The van der Waals surface area contributed by atoms with Crippen LogP contribution in [-0.4, -0.2) is 50.7 Å². The number of carbonyl (C=O) groups excluding carboxylic acids is 2. The van der Waals surface area contributed by atoms with Crippen LogP contribution in [0, 0.1) is 0 Å². The van der Waals surface area contributed by atoms with Gasteiger partial charge in [0.05, 0.1) is 11.3 Å². The predicted molar refractivity (Wildman–Crippen MR) is 91.3 cm³/mol. The Kier molecular flexibility index (Phi) is 5.42. The molecule has 1 amide bonds. The molecule has 1 aromatic carbocycles. The van der Waals surface area contributed by atoms with Crippen LogP contribution >= 0.6 is 0 Å². The molecule has 1 aliphatic heterocycles. The molecule has 1 atom stereocenters. The molecule has 0 radical (unpaired) electrons. The number of likely N-dealkylation sites (tertiary alicyclic amines) is 1. The maximum atomic E-state index is 12.3. The molecule has 1 saturated heterocycles. The second kappa shape index (κ2) is 7.92. The fraction of sp³-hybridized carbons (Fsp3) is 0.444. The van der Waals surface area contributed by atoms with Crippen LogP contribution in [-0.2, 0) is 9.53 Å². The molecule has 0 N–H and O–H groups in total. The Morgan fingerprint density at radius 3 is 2.72 bits per heavy atom. The lowest BCUT2D eigenvalue weighted by Gasteiger charge is -2.35. The lowest BCUT2D eigenvalue weighted by atomic mass is 10.00. The normalized spacial score (nSPS) is 17.3. The van der Waals surface area contributed by atoms with Crippen LogP contribution < -0.4 is 0 Å². The van der Waals surface area contributed by atoms with Crippen molar-refractivity contribution >= 4 is 11.9 Å². The van der Waals surface area contributed by atoms with Gasteiger partial charge in [-0.3, -0.25) is 4.79 Å². The first kappa shape index (κ1) is 17.1. The number of hydrogen-bond donors (Lipinski definition) is 0. The van der Waals surface area contributed by atoms with Gasteiger partial charge in [-0.25, -0.2) is 14.5 Å². The van der Waals surface area contributed by atoms with Gasteiger partial charge >= 0.3 is 5.97 Å². The van der Waals surface area contributed by atoms with E-state index in [2.05, 4.69) is 17.0 Å². The summed E-state index contributed by atoms with van der Waals surface area (Å²) in [5, 5.41) is 4.03. The Morgan fingerprint density at radius 1 is 1.24 bits per heavy atom. The zero-order valence-corrected chi connectivity index (χ0v) is 14.3. The van der Waals surface area contributed by atoms with E-state index in [9.17, 15) is 9.59 Å². The third-order valence-corrected chi connectivity index (χ3v) is 4.53. The number of ether oxygens (including phenoxy) is 1. The minimum Gasteiger partial charge on any atom is -0.452 e. The van der Waals surface area contributed by atoms with Crippen molar-refractivity contribution in [2.75, 3.05) is 13.2 Å². The lowest BCUT2D eigenvalue weighted by Crippen LogP contribution is -2.45. The predicted octanol–water partition coefficient (Wildman–Crippen LogP) is 2.22. The molecule has 132 valence electrons. The van der Waals surface area contributed by atoms with Crippen LogP contribution in [0.25, 0.3) is 5.69 Å². The molecule has 2 heterocycles. The highest BCUT2D eigenvalue weighted by Crippen LogP contribution is 2.19. The van der Waals surface area contributed by atoms with Crippen molar-refractivity contribution in [1.29, 1.82) is 0 Å². The van der Waals surface area contributed by atoms with Crippen LogP contribution in [0.5, 0.6) is 0 Å². The summed E-state index contributed by atoms with van der Waals surface area (Å²) in [6, 6.07) is 7.08. The van der Waals surface area contributed by atoms with E-state index in [1.54, 1.807) is 35.3 Å². The molecule has 0 aliphatic carbocycles. The van der Waals surface area contributed by atoms with E-state index in [4.69, 9.17) is 4.74 Å². The molecule has 7 nitrogen and oxygen atoms in total. The highest BCUT2D eigenvalue weighted by atomic mass is 16.5. The van der Waals surface area contributed by atoms with Gasteiger partial charge < -0.3 is 9.64 Å².